The normalized spacial score (nSPS) is 11.2. The fourth-order valence-electron chi connectivity index (χ4n) is 2.79. The summed E-state index contributed by atoms with van der Waals surface area (Å²) >= 11 is 0. The second-order valence-corrected chi connectivity index (χ2v) is 6.41. The molecular weight excluding hydrogens is 412 g/mol. The Labute approximate surface area is 174 Å². The number of halogens is 4. The maximum Gasteiger partial charge on any atom is 0.573 e. The molecule has 0 amide bonds. The van der Waals surface area contributed by atoms with Gasteiger partial charge in [-0.2, -0.15) is 0 Å². The zero-order valence-corrected chi connectivity index (χ0v) is 15.8. The second-order valence-electron chi connectivity index (χ2n) is 6.41. The van der Waals surface area contributed by atoms with Crippen molar-refractivity contribution in [1.29, 1.82) is 0 Å². The first-order valence-corrected chi connectivity index (χ1v) is 9.04. The molecule has 4 aromatic rings. The standard InChI is InChI=1S/C22H14F4N4O/c23-16-5-3-14(4-6-16)19-12-20(30-21(29-19)15-2-1-11-27-13-15)28-17-7-9-18(10-8-17)31-22(24,25)26/h1-13H,(H,28,29,30). The van der Waals surface area contributed by atoms with E-state index < -0.39 is 6.36 Å². The van der Waals surface area contributed by atoms with Crippen molar-refractivity contribution in [2.24, 2.45) is 0 Å². The number of hydrogen-bond donors (Lipinski definition) is 1. The summed E-state index contributed by atoms with van der Waals surface area (Å²) in [7, 11) is 0. The van der Waals surface area contributed by atoms with Crippen LogP contribution in [0.5, 0.6) is 5.75 Å². The van der Waals surface area contributed by atoms with Gasteiger partial charge in [0.25, 0.3) is 0 Å². The van der Waals surface area contributed by atoms with Crippen LogP contribution < -0.4 is 10.1 Å². The molecule has 0 aliphatic carbocycles. The minimum absolute atomic E-state index is 0.330. The maximum absolute atomic E-state index is 13.3. The van der Waals surface area contributed by atoms with Crippen molar-refractivity contribution < 1.29 is 22.3 Å². The van der Waals surface area contributed by atoms with E-state index >= 15 is 0 Å². The summed E-state index contributed by atoms with van der Waals surface area (Å²) < 4.78 is 54.2. The van der Waals surface area contributed by atoms with Gasteiger partial charge < -0.3 is 10.1 Å². The Bertz CT molecular complexity index is 1170. The highest BCUT2D eigenvalue weighted by atomic mass is 19.4. The zero-order valence-electron chi connectivity index (χ0n) is 15.8. The molecule has 5 nitrogen and oxygen atoms in total. The van der Waals surface area contributed by atoms with Gasteiger partial charge >= 0.3 is 6.36 Å². The molecule has 31 heavy (non-hydrogen) atoms. The van der Waals surface area contributed by atoms with Gasteiger partial charge in [-0.25, -0.2) is 14.4 Å². The average molecular weight is 426 g/mol. The predicted molar refractivity (Wildman–Crippen MR) is 107 cm³/mol. The molecule has 0 unspecified atom stereocenters. The molecule has 0 atom stereocenters. The third-order valence-corrected chi connectivity index (χ3v) is 4.15. The summed E-state index contributed by atoms with van der Waals surface area (Å²) in [6.45, 7) is 0. The molecule has 2 heterocycles. The molecule has 2 aromatic heterocycles. The number of hydrogen-bond acceptors (Lipinski definition) is 5. The van der Waals surface area contributed by atoms with E-state index in [0.29, 0.717) is 34.2 Å². The number of alkyl halides is 3. The third-order valence-electron chi connectivity index (χ3n) is 4.15. The van der Waals surface area contributed by atoms with Gasteiger partial charge in [-0.1, -0.05) is 0 Å². The van der Waals surface area contributed by atoms with E-state index in [1.54, 1.807) is 42.7 Å². The number of pyridine rings is 1. The monoisotopic (exact) mass is 426 g/mol. The van der Waals surface area contributed by atoms with E-state index in [9.17, 15) is 17.6 Å². The summed E-state index contributed by atoms with van der Waals surface area (Å²) in [6.07, 6.45) is -1.53. The quantitative estimate of drug-likeness (QED) is 0.398. The lowest BCUT2D eigenvalue weighted by atomic mass is 10.1. The Balaban J connectivity index is 1.68. The Morgan fingerprint density at radius 1 is 0.839 bits per heavy atom. The molecule has 1 N–H and O–H groups in total. The number of anilines is 2. The van der Waals surface area contributed by atoms with Gasteiger partial charge in [0.05, 0.1) is 5.69 Å². The van der Waals surface area contributed by atoms with Crippen molar-refractivity contribution >= 4 is 11.5 Å². The Kier molecular flexibility index (Phi) is 5.48. The molecular formula is C22H14F4N4O. The highest BCUT2D eigenvalue weighted by Gasteiger charge is 2.30. The van der Waals surface area contributed by atoms with Crippen LogP contribution in [-0.4, -0.2) is 21.3 Å². The number of nitrogens with zero attached hydrogens (tertiary/aromatic N) is 3. The highest BCUT2D eigenvalue weighted by molar-refractivity contribution is 5.69. The van der Waals surface area contributed by atoms with Gasteiger partial charge in [0.1, 0.15) is 17.4 Å². The second kappa shape index (κ2) is 8.39. The molecule has 0 radical (unpaired) electrons. The number of benzene rings is 2. The Morgan fingerprint density at radius 2 is 1.58 bits per heavy atom. The van der Waals surface area contributed by atoms with Crippen LogP contribution >= 0.6 is 0 Å². The van der Waals surface area contributed by atoms with Crippen molar-refractivity contribution in [1.82, 2.24) is 15.0 Å². The first-order valence-electron chi connectivity index (χ1n) is 9.04. The van der Waals surface area contributed by atoms with Gasteiger partial charge in [0.2, 0.25) is 0 Å². The summed E-state index contributed by atoms with van der Waals surface area (Å²) in [5, 5.41) is 3.04. The molecule has 0 saturated carbocycles. The van der Waals surface area contributed by atoms with Gasteiger partial charge in [0.15, 0.2) is 5.82 Å². The lowest BCUT2D eigenvalue weighted by Gasteiger charge is -2.12. The summed E-state index contributed by atoms with van der Waals surface area (Å²) in [5.41, 5.74) is 2.37. The lowest BCUT2D eigenvalue weighted by molar-refractivity contribution is -0.274. The van der Waals surface area contributed by atoms with Crippen LogP contribution in [0.2, 0.25) is 0 Å². The average Bonchev–Trinajstić information content (AvgIpc) is 2.75. The van der Waals surface area contributed by atoms with E-state index in [2.05, 4.69) is 25.0 Å². The maximum atomic E-state index is 13.3. The Morgan fingerprint density at radius 3 is 2.23 bits per heavy atom. The van der Waals surface area contributed by atoms with E-state index in [0.717, 1.165) is 0 Å². The molecule has 4 rings (SSSR count). The number of aromatic nitrogens is 3. The SMILES string of the molecule is Fc1ccc(-c2cc(Nc3ccc(OC(F)(F)F)cc3)nc(-c3cccnc3)n2)cc1. The first-order chi connectivity index (χ1) is 14.9. The van der Waals surface area contributed by atoms with Crippen LogP contribution in [0.25, 0.3) is 22.6 Å². The Hall–Kier alpha value is -4.01. The topological polar surface area (TPSA) is 59.9 Å². The van der Waals surface area contributed by atoms with E-state index in [4.69, 9.17) is 0 Å². The van der Waals surface area contributed by atoms with Gasteiger partial charge in [-0.15, -0.1) is 13.2 Å². The van der Waals surface area contributed by atoms with Crippen LogP contribution in [0.3, 0.4) is 0 Å². The zero-order chi connectivity index (χ0) is 21.8. The molecule has 0 bridgehead atoms. The number of rotatable bonds is 5. The molecule has 0 spiro atoms. The largest absolute Gasteiger partial charge is 0.573 e. The molecule has 2 aromatic carbocycles. The molecule has 0 aliphatic heterocycles. The lowest BCUT2D eigenvalue weighted by Crippen LogP contribution is -2.16. The van der Waals surface area contributed by atoms with Crippen LogP contribution in [0.1, 0.15) is 0 Å². The molecule has 9 heteroatoms. The third kappa shape index (κ3) is 5.33. The van der Waals surface area contributed by atoms with Gasteiger partial charge in [0, 0.05) is 35.3 Å². The van der Waals surface area contributed by atoms with E-state index in [1.807, 2.05) is 0 Å². The molecule has 156 valence electrons. The van der Waals surface area contributed by atoms with Crippen molar-refractivity contribution in [2.45, 2.75) is 6.36 Å². The van der Waals surface area contributed by atoms with Crippen LogP contribution in [-0.2, 0) is 0 Å². The van der Waals surface area contributed by atoms with Gasteiger partial charge in [-0.3, -0.25) is 4.98 Å². The summed E-state index contributed by atoms with van der Waals surface area (Å²) in [6, 6.07) is 16.3. The van der Waals surface area contributed by atoms with Gasteiger partial charge in [-0.05, 0) is 60.7 Å². The molecule has 0 saturated heterocycles. The van der Waals surface area contributed by atoms with E-state index in [1.165, 1.54) is 36.4 Å². The van der Waals surface area contributed by atoms with Crippen molar-refractivity contribution in [3.05, 3.63) is 84.9 Å². The van der Waals surface area contributed by atoms with Crippen molar-refractivity contribution in [2.75, 3.05) is 5.32 Å². The number of nitrogens with one attached hydrogen (secondary N) is 1. The highest BCUT2D eigenvalue weighted by Crippen LogP contribution is 2.28. The van der Waals surface area contributed by atoms with Crippen molar-refractivity contribution in [3.63, 3.8) is 0 Å². The fraction of sp³-hybridized carbons (Fsp3) is 0.0455. The minimum atomic E-state index is -4.76. The summed E-state index contributed by atoms with van der Waals surface area (Å²) in [5.74, 6) is 0.0840. The van der Waals surface area contributed by atoms with E-state index in [-0.39, 0.29) is 11.6 Å². The summed E-state index contributed by atoms with van der Waals surface area (Å²) in [4.78, 5) is 13.1. The molecule has 0 fully saturated rings. The molecule has 0 aliphatic rings. The first kappa shape index (κ1) is 20.3. The van der Waals surface area contributed by atoms with Crippen LogP contribution in [0, 0.1) is 5.82 Å². The van der Waals surface area contributed by atoms with Crippen molar-refractivity contribution in [3.8, 4) is 28.4 Å². The minimum Gasteiger partial charge on any atom is -0.406 e. The van der Waals surface area contributed by atoms with Crippen LogP contribution in [0.4, 0.5) is 29.1 Å². The van der Waals surface area contributed by atoms with Crippen LogP contribution in [0.15, 0.2) is 79.1 Å². The smallest absolute Gasteiger partial charge is 0.406 e. The predicted octanol–water partition coefficient (Wildman–Crippen LogP) is 5.99. The fourth-order valence-corrected chi connectivity index (χ4v) is 2.79. The number of ether oxygens (including phenoxy) is 1.